The molecule has 33 heavy (non-hydrogen) atoms. The Balaban J connectivity index is 1.07. The van der Waals surface area contributed by atoms with Crippen LogP contribution in [0, 0.1) is 23.7 Å². The molecule has 0 heterocycles. The van der Waals surface area contributed by atoms with E-state index >= 15 is 0 Å². The molecule has 0 aromatic heterocycles. The minimum absolute atomic E-state index is 0.180. The molecule has 184 valence electrons. The number of rotatable bonds is 11. The fourth-order valence-corrected chi connectivity index (χ4v) is 7.79. The van der Waals surface area contributed by atoms with Gasteiger partial charge in [0.15, 0.2) is 0 Å². The van der Waals surface area contributed by atoms with Crippen LogP contribution in [0.25, 0.3) is 0 Å². The first kappa shape index (κ1) is 23.9. The van der Waals surface area contributed by atoms with Crippen molar-refractivity contribution in [3.05, 3.63) is 29.8 Å². The van der Waals surface area contributed by atoms with Gasteiger partial charge < -0.3 is 15.2 Å². The largest absolute Gasteiger partial charge is 0.493 e. The molecule has 0 spiro atoms. The molecule has 0 amide bonds. The number of nitrogens with two attached hydrogens (primary N) is 1. The Morgan fingerprint density at radius 2 is 1.58 bits per heavy atom. The monoisotopic (exact) mass is 475 g/mol. The smallest absolute Gasteiger partial charge is 0.207 e. The van der Waals surface area contributed by atoms with Crippen molar-refractivity contribution < 1.29 is 19.2 Å². The van der Waals surface area contributed by atoms with Crippen molar-refractivity contribution in [1.82, 2.24) is 0 Å². The van der Waals surface area contributed by atoms with E-state index in [-0.39, 0.29) is 6.10 Å². The van der Waals surface area contributed by atoms with E-state index in [9.17, 15) is 0 Å². The maximum Gasteiger partial charge on any atom is 0.207 e. The molecule has 1 aromatic carbocycles. The summed E-state index contributed by atoms with van der Waals surface area (Å²) in [6.07, 6.45) is 11.0. The third kappa shape index (κ3) is 5.25. The summed E-state index contributed by atoms with van der Waals surface area (Å²) in [6, 6.07) is 8.70. The van der Waals surface area contributed by atoms with E-state index in [1.54, 1.807) is 0 Å². The van der Waals surface area contributed by atoms with Crippen LogP contribution < -0.4 is 10.5 Å². The normalized spacial score (nSPS) is 37.4. The van der Waals surface area contributed by atoms with Crippen LogP contribution in [0.2, 0.25) is 0 Å². The molecule has 5 fully saturated rings. The quantitative estimate of drug-likeness (QED) is 0.196. The Kier molecular flexibility index (Phi) is 7.88. The highest BCUT2D eigenvalue weighted by Gasteiger charge is 2.60. The predicted molar refractivity (Wildman–Crippen MR) is 132 cm³/mol. The molecule has 0 unspecified atom stereocenters. The summed E-state index contributed by atoms with van der Waals surface area (Å²) in [6.45, 7) is 1.46. The van der Waals surface area contributed by atoms with Crippen LogP contribution in [-0.2, 0) is 14.5 Å². The second-order valence-corrected chi connectivity index (χ2v) is 11.9. The van der Waals surface area contributed by atoms with Gasteiger partial charge in [-0.2, -0.15) is 11.8 Å². The SMILES string of the molecule is COC1(OO[C@H]2CC[C@@H](c3ccc(OCCSCCN)cc3)CC2)C2CC3CC(C2)CC1C3. The maximum atomic E-state index is 6.27. The number of ether oxygens (including phenoxy) is 2. The van der Waals surface area contributed by atoms with Crippen LogP contribution in [-0.4, -0.2) is 43.7 Å². The second-order valence-electron chi connectivity index (χ2n) is 10.7. The van der Waals surface area contributed by atoms with E-state index in [1.807, 2.05) is 18.9 Å². The highest BCUT2D eigenvalue weighted by Crippen LogP contribution is 2.60. The van der Waals surface area contributed by atoms with E-state index < -0.39 is 5.79 Å². The molecule has 2 N–H and O–H groups in total. The Morgan fingerprint density at radius 1 is 0.909 bits per heavy atom. The van der Waals surface area contributed by atoms with Gasteiger partial charge in [0.25, 0.3) is 0 Å². The molecule has 6 heteroatoms. The summed E-state index contributed by atoms with van der Waals surface area (Å²) in [5, 5.41) is 0. The zero-order valence-corrected chi connectivity index (χ0v) is 20.9. The topological polar surface area (TPSA) is 62.9 Å². The molecule has 5 aliphatic carbocycles. The van der Waals surface area contributed by atoms with Gasteiger partial charge in [-0.1, -0.05) is 12.1 Å². The minimum atomic E-state index is -0.497. The average molecular weight is 476 g/mol. The zero-order valence-electron chi connectivity index (χ0n) is 20.1. The highest BCUT2D eigenvalue weighted by molar-refractivity contribution is 7.99. The lowest BCUT2D eigenvalue weighted by Gasteiger charge is -2.58. The maximum absolute atomic E-state index is 6.27. The Hall–Kier alpha value is -0.790. The molecule has 5 aliphatic rings. The van der Waals surface area contributed by atoms with E-state index in [1.165, 1.54) is 37.7 Å². The van der Waals surface area contributed by atoms with Crippen molar-refractivity contribution in [2.75, 3.05) is 31.8 Å². The van der Waals surface area contributed by atoms with Crippen LogP contribution in [0.4, 0.5) is 0 Å². The van der Waals surface area contributed by atoms with Crippen molar-refractivity contribution in [2.24, 2.45) is 29.4 Å². The van der Waals surface area contributed by atoms with Crippen molar-refractivity contribution in [3.63, 3.8) is 0 Å². The Labute approximate surface area is 203 Å². The van der Waals surface area contributed by atoms with Gasteiger partial charge in [0.2, 0.25) is 5.79 Å². The third-order valence-electron chi connectivity index (χ3n) is 8.69. The summed E-state index contributed by atoms with van der Waals surface area (Å²) in [4.78, 5) is 12.4. The fraction of sp³-hybridized carbons (Fsp3) is 0.778. The Morgan fingerprint density at radius 3 is 2.18 bits per heavy atom. The van der Waals surface area contributed by atoms with E-state index in [0.717, 1.165) is 67.9 Å². The van der Waals surface area contributed by atoms with Crippen LogP contribution >= 0.6 is 11.8 Å². The standard InChI is InChI=1S/C27H41NO4S/c1-29-27(23-15-19-14-20(17-23)18-24(27)16-19)32-31-26-8-4-22(5-9-26)21-2-6-25(7-3-21)30-11-13-33-12-10-28/h2-3,6-7,19-20,22-24,26H,4-5,8-18,28H2,1H3/t19?,20?,22-,23?,24?,26+,27?. The number of thioether (sulfide) groups is 1. The molecule has 4 bridgehead atoms. The Bertz CT molecular complexity index is 721. The van der Waals surface area contributed by atoms with Crippen LogP contribution in [0.3, 0.4) is 0 Å². The molecule has 0 radical (unpaired) electrons. The molecular weight excluding hydrogens is 434 g/mol. The van der Waals surface area contributed by atoms with Gasteiger partial charge in [0, 0.05) is 37.0 Å². The molecule has 0 saturated heterocycles. The van der Waals surface area contributed by atoms with Gasteiger partial charge >= 0.3 is 0 Å². The molecule has 5 saturated carbocycles. The van der Waals surface area contributed by atoms with Gasteiger partial charge in [-0.15, -0.1) is 0 Å². The number of methoxy groups -OCH3 is 1. The summed E-state index contributed by atoms with van der Waals surface area (Å²) < 4.78 is 11.9. The van der Waals surface area contributed by atoms with Gasteiger partial charge in [-0.05, 0) is 93.2 Å². The molecule has 5 nitrogen and oxygen atoms in total. The van der Waals surface area contributed by atoms with Gasteiger partial charge in [-0.25, -0.2) is 9.78 Å². The number of hydrogen-bond donors (Lipinski definition) is 1. The summed E-state index contributed by atoms with van der Waals surface area (Å²) in [7, 11) is 1.83. The molecule has 6 rings (SSSR count). The molecular formula is C27H41NO4S. The zero-order chi connectivity index (χ0) is 22.7. The first-order chi connectivity index (χ1) is 16.2. The second kappa shape index (κ2) is 10.9. The van der Waals surface area contributed by atoms with Gasteiger partial charge in [-0.3, -0.25) is 0 Å². The van der Waals surface area contributed by atoms with E-state index in [2.05, 4.69) is 24.3 Å². The number of benzene rings is 1. The lowest BCUT2D eigenvalue weighted by atomic mass is 9.53. The fourth-order valence-electron chi connectivity index (χ4n) is 7.22. The molecule has 1 aromatic rings. The van der Waals surface area contributed by atoms with Crippen molar-refractivity contribution >= 4 is 11.8 Å². The van der Waals surface area contributed by atoms with Crippen LogP contribution in [0.1, 0.15) is 69.3 Å². The van der Waals surface area contributed by atoms with Crippen LogP contribution in [0.15, 0.2) is 24.3 Å². The van der Waals surface area contributed by atoms with E-state index in [4.69, 9.17) is 25.0 Å². The first-order valence-electron chi connectivity index (χ1n) is 13.1. The van der Waals surface area contributed by atoms with Crippen molar-refractivity contribution in [1.29, 1.82) is 0 Å². The van der Waals surface area contributed by atoms with Crippen LogP contribution in [0.5, 0.6) is 5.75 Å². The molecule has 0 atom stereocenters. The summed E-state index contributed by atoms with van der Waals surface area (Å²) >= 11 is 1.84. The minimum Gasteiger partial charge on any atom is -0.493 e. The highest BCUT2D eigenvalue weighted by atomic mass is 32.2. The van der Waals surface area contributed by atoms with E-state index in [0.29, 0.717) is 17.8 Å². The van der Waals surface area contributed by atoms with Gasteiger partial charge in [0.1, 0.15) is 5.75 Å². The van der Waals surface area contributed by atoms with Crippen molar-refractivity contribution in [3.8, 4) is 5.75 Å². The van der Waals surface area contributed by atoms with Crippen molar-refractivity contribution in [2.45, 2.75) is 75.6 Å². The van der Waals surface area contributed by atoms with Gasteiger partial charge in [0.05, 0.1) is 12.7 Å². The predicted octanol–water partition coefficient (Wildman–Crippen LogP) is 5.53. The third-order valence-corrected chi connectivity index (χ3v) is 9.67. The summed E-state index contributed by atoms with van der Waals surface area (Å²) in [5.74, 6) is 5.83. The average Bonchev–Trinajstić information content (AvgIpc) is 2.84. The lowest BCUT2D eigenvalue weighted by Crippen LogP contribution is -2.60. The first-order valence-corrected chi connectivity index (χ1v) is 14.3. The summed E-state index contributed by atoms with van der Waals surface area (Å²) in [5.41, 5.74) is 6.93. The molecule has 0 aliphatic heterocycles. The number of hydrogen-bond acceptors (Lipinski definition) is 6. The lowest BCUT2D eigenvalue weighted by molar-refractivity contribution is -0.485.